The summed E-state index contributed by atoms with van der Waals surface area (Å²) in [5.41, 5.74) is 9.50. The second-order valence-corrected chi connectivity index (χ2v) is 17.0. The summed E-state index contributed by atoms with van der Waals surface area (Å²) >= 11 is 0. The normalized spacial score (nSPS) is 25.2. The van der Waals surface area contributed by atoms with Crippen LogP contribution in [0.2, 0.25) is 0 Å². The zero-order chi connectivity index (χ0) is 37.9. The molecule has 0 aromatic heterocycles. The molecule has 5 nitrogen and oxygen atoms in total. The summed E-state index contributed by atoms with van der Waals surface area (Å²) in [6, 6.07) is 18.4. The van der Waals surface area contributed by atoms with Crippen LogP contribution in [0.1, 0.15) is 108 Å². The molecule has 4 fully saturated rings. The van der Waals surface area contributed by atoms with E-state index in [2.05, 4.69) is 70.2 Å². The van der Waals surface area contributed by atoms with Crippen LogP contribution in [0.5, 0.6) is 5.75 Å². The molecule has 8 rings (SSSR count). The number of ether oxygens (including phenoxy) is 1. The zero-order valence-corrected chi connectivity index (χ0v) is 32.4. The predicted octanol–water partition coefficient (Wildman–Crippen LogP) is 12.3. The SMILES string of the molecule is CC1=C(/C=C/C(C)=C/C=C/C(C)=C/C(=O)O)C(C)(C)CCC1.COc1ccc(-c2ccc3cc(C(=O)O)ccc3c2)cc1C12CC3CC(CC(C3)C1)C2. The number of rotatable bonds is 9. The van der Waals surface area contributed by atoms with Gasteiger partial charge in [-0.15, -0.1) is 0 Å². The number of fused-ring (bicyclic) bond motifs is 1. The van der Waals surface area contributed by atoms with Crippen molar-refractivity contribution in [1.82, 2.24) is 0 Å². The van der Waals surface area contributed by atoms with Gasteiger partial charge in [-0.1, -0.05) is 79.6 Å². The Morgan fingerprint density at radius 3 is 2.06 bits per heavy atom. The lowest BCUT2D eigenvalue weighted by molar-refractivity contribution is -0.131. The van der Waals surface area contributed by atoms with Crippen LogP contribution in [0.25, 0.3) is 21.9 Å². The number of carboxylic acid groups (broad SMARTS) is 2. The van der Waals surface area contributed by atoms with Crippen molar-refractivity contribution in [2.75, 3.05) is 7.11 Å². The number of benzene rings is 3. The van der Waals surface area contributed by atoms with E-state index in [9.17, 15) is 14.7 Å². The summed E-state index contributed by atoms with van der Waals surface area (Å²) in [5, 5.41) is 19.9. The summed E-state index contributed by atoms with van der Waals surface area (Å²) in [6.45, 7) is 10.7. The first-order valence-corrected chi connectivity index (χ1v) is 19.4. The van der Waals surface area contributed by atoms with Crippen molar-refractivity contribution in [3.63, 3.8) is 0 Å². The molecule has 4 saturated carbocycles. The number of hydrogen-bond donors (Lipinski definition) is 2. The predicted molar refractivity (Wildman–Crippen MR) is 217 cm³/mol. The van der Waals surface area contributed by atoms with Crippen LogP contribution in [-0.4, -0.2) is 29.3 Å². The highest BCUT2D eigenvalue weighted by molar-refractivity contribution is 5.95. The minimum absolute atomic E-state index is 0.260. The molecule has 5 aliphatic carbocycles. The lowest BCUT2D eigenvalue weighted by Gasteiger charge is -2.57. The van der Waals surface area contributed by atoms with Gasteiger partial charge < -0.3 is 14.9 Å². The van der Waals surface area contributed by atoms with E-state index < -0.39 is 11.9 Å². The van der Waals surface area contributed by atoms with Crippen LogP contribution >= 0.6 is 0 Å². The van der Waals surface area contributed by atoms with Crippen molar-refractivity contribution in [3.05, 3.63) is 124 Å². The molecule has 0 atom stereocenters. The van der Waals surface area contributed by atoms with Gasteiger partial charge in [-0.25, -0.2) is 9.59 Å². The molecule has 2 N–H and O–H groups in total. The van der Waals surface area contributed by atoms with Gasteiger partial charge in [0, 0.05) is 11.6 Å². The lowest BCUT2D eigenvalue weighted by Crippen LogP contribution is -2.48. The monoisotopic (exact) mass is 712 g/mol. The van der Waals surface area contributed by atoms with E-state index in [1.165, 1.54) is 91.7 Å². The Hall–Kier alpha value is -4.64. The number of aromatic carboxylic acids is 1. The maximum absolute atomic E-state index is 11.3. The Kier molecular flexibility index (Phi) is 11.3. The van der Waals surface area contributed by atoms with Crippen molar-refractivity contribution in [2.45, 2.75) is 97.8 Å². The Morgan fingerprint density at radius 1 is 0.811 bits per heavy atom. The second kappa shape index (κ2) is 15.8. The number of allylic oxidation sites excluding steroid dienone is 9. The minimum Gasteiger partial charge on any atom is -0.496 e. The maximum Gasteiger partial charge on any atom is 0.335 e. The van der Waals surface area contributed by atoms with Gasteiger partial charge in [0.1, 0.15) is 5.75 Å². The topological polar surface area (TPSA) is 83.8 Å². The van der Waals surface area contributed by atoms with E-state index in [4.69, 9.17) is 9.84 Å². The summed E-state index contributed by atoms with van der Waals surface area (Å²) in [4.78, 5) is 21.8. The van der Waals surface area contributed by atoms with Gasteiger partial charge in [-0.3, -0.25) is 0 Å². The van der Waals surface area contributed by atoms with Gasteiger partial charge in [-0.2, -0.15) is 0 Å². The van der Waals surface area contributed by atoms with E-state index in [0.717, 1.165) is 45.4 Å². The zero-order valence-electron chi connectivity index (χ0n) is 32.4. The minimum atomic E-state index is -0.912. The Labute approximate surface area is 315 Å². The summed E-state index contributed by atoms with van der Waals surface area (Å²) in [6.07, 6.45) is 23.3. The number of carboxylic acids is 2. The molecule has 53 heavy (non-hydrogen) atoms. The Bertz CT molecular complexity index is 2000. The van der Waals surface area contributed by atoms with E-state index in [1.807, 2.05) is 24.3 Å². The van der Waals surface area contributed by atoms with Crippen LogP contribution in [0.3, 0.4) is 0 Å². The molecule has 5 aliphatic rings. The average Bonchev–Trinajstić information content (AvgIpc) is 3.10. The smallest absolute Gasteiger partial charge is 0.335 e. The first kappa shape index (κ1) is 38.1. The standard InChI is InChI=1S/C28H28O3.C20H28O2/c1-31-26-7-6-23(21-2-3-22-12-24(27(29)30)5-4-20(22)11-21)13-25(26)28-14-17-8-18(15-28)10-19(9-17)16-28;1-15(8-6-9-16(2)14-19(21)22)11-12-18-17(3)10-7-13-20(18,4)5/h2-7,11-13,17-19H,8-10,14-16H2,1H3,(H,29,30);6,8-9,11-12,14H,7,10,13H2,1-5H3,(H,21,22)/b;9-6+,12-11+,15-8+,16-14+. The van der Waals surface area contributed by atoms with Gasteiger partial charge in [0.2, 0.25) is 0 Å². The third kappa shape index (κ3) is 8.78. The summed E-state index contributed by atoms with van der Waals surface area (Å²) in [7, 11) is 1.80. The van der Waals surface area contributed by atoms with Crippen molar-refractivity contribution in [1.29, 1.82) is 0 Å². The molecule has 4 bridgehead atoms. The first-order valence-electron chi connectivity index (χ1n) is 19.4. The number of methoxy groups -OCH3 is 1. The summed E-state index contributed by atoms with van der Waals surface area (Å²) in [5.74, 6) is 1.92. The van der Waals surface area contributed by atoms with Crippen molar-refractivity contribution < 1.29 is 24.5 Å². The largest absolute Gasteiger partial charge is 0.496 e. The quantitative estimate of drug-likeness (QED) is 0.170. The Morgan fingerprint density at radius 2 is 1.43 bits per heavy atom. The van der Waals surface area contributed by atoms with E-state index in [0.29, 0.717) is 5.56 Å². The van der Waals surface area contributed by atoms with Gasteiger partial charge >= 0.3 is 11.9 Å². The molecule has 0 heterocycles. The molecule has 0 saturated heterocycles. The van der Waals surface area contributed by atoms with Crippen molar-refractivity contribution in [3.8, 4) is 16.9 Å². The molecule has 0 aliphatic heterocycles. The van der Waals surface area contributed by atoms with Gasteiger partial charge in [0.05, 0.1) is 12.7 Å². The van der Waals surface area contributed by atoms with Gasteiger partial charge in [-0.05, 0) is 171 Å². The maximum atomic E-state index is 11.3. The van der Waals surface area contributed by atoms with E-state index in [-0.39, 0.29) is 10.8 Å². The van der Waals surface area contributed by atoms with E-state index >= 15 is 0 Å². The number of carbonyl (C=O) groups is 2. The van der Waals surface area contributed by atoms with Crippen LogP contribution in [-0.2, 0) is 10.2 Å². The molecule has 0 unspecified atom stereocenters. The van der Waals surface area contributed by atoms with E-state index in [1.54, 1.807) is 32.2 Å². The Balaban J connectivity index is 0.000000194. The molecule has 278 valence electrons. The fourth-order valence-electron chi connectivity index (χ4n) is 10.2. The second-order valence-electron chi connectivity index (χ2n) is 17.0. The number of hydrogen-bond acceptors (Lipinski definition) is 3. The van der Waals surface area contributed by atoms with Crippen molar-refractivity contribution in [2.24, 2.45) is 23.2 Å². The molecule has 0 amide bonds. The van der Waals surface area contributed by atoms with Crippen LogP contribution in [0.15, 0.2) is 113 Å². The van der Waals surface area contributed by atoms with Crippen LogP contribution in [0.4, 0.5) is 0 Å². The highest BCUT2D eigenvalue weighted by atomic mass is 16.5. The van der Waals surface area contributed by atoms with Crippen LogP contribution in [0, 0.1) is 23.2 Å². The highest BCUT2D eigenvalue weighted by Crippen LogP contribution is 2.62. The third-order valence-electron chi connectivity index (χ3n) is 12.4. The molecule has 0 radical (unpaired) electrons. The fourth-order valence-corrected chi connectivity index (χ4v) is 10.2. The molecule has 0 spiro atoms. The lowest BCUT2D eigenvalue weighted by atomic mass is 9.48. The molecule has 3 aromatic carbocycles. The van der Waals surface area contributed by atoms with Crippen LogP contribution < -0.4 is 4.74 Å². The molecular weight excluding hydrogens is 657 g/mol. The first-order chi connectivity index (χ1) is 25.2. The van der Waals surface area contributed by atoms with Gasteiger partial charge in [0.15, 0.2) is 0 Å². The molecule has 5 heteroatoms. The fraction of sp³-hybridized carbons (Fsp3) is 0.417. The average molecular weight is 713 g/mol. The third-order valence-corrected chi connectivity index (χ3v) is 12.4. The highest BCUT2D eigenvalue weighted by Gasteiger charge is 2.52. The van der Waals surface area contributed by atoms with Gasteiger partial charge in [0.25, 0.3) is 0 Å². The number of aliphatic carboxylic acids is 1. The molecular formula is C48H56O5. The van der Waals surface area contributed by atoms with Crippen molar-refractivity contribution >= 4 is 22.7 Å². The molecule has 3 aromatic rings. The summed E-state index contributed by atoms with van der Waals surface area (Å²) < 4.78 is 5.88.